The number of methoxy groups -OCH3 is 1. The quantitative estimate of drug-likeness (QED) is 0.840. The molecular formula is C14H22N2O2. The van der Waals surface area contributed by atoms with Crippen LogP contribution in [0.1, 0.15) is 20.3 Å². The first-order valence-electron chi connectivity index (χ1n) is 6.22. The Morgan fingerprint density at radius 3 is 2.83 bits per heavy atom. The highest BCUT2D eigenvalue weighted by Gasteiger charge is 2.12. The summed E-state index contributed by atoms with van der Waals surface area (Å²) in [4.78, 5) is 13.6. The molecule has 0 aliphatic carbocycles. The molecule has 1 unspecified atom stereocenters. The molecule has 0 aliphatic heterocycles. The van der Waals surface area contributed by atoms with Crippen LogP contribution in [0.5, 0.6) is 5.75 Å². The van der Waals surface area contributed by atoms with Crippen LogP contribution in [-0.2, 0) is 4.79 Å². The number of carbonyl (C=O) groups is 1. The van der Waals surface area contributed by atoms with Crippen LogP contribution in [0.15, 0.2) is 24.3 Å². The van der Waals surface area contributed by atoms with Gasteiger partial charge in [0.2, 0.25) is 5.91 Å². The van der Waals surface area contributed by atoms with E-state index in [1.54, 1.807) is 19.1 Å². The number of ether oxygens (including phenoxy) is 1. The molecule has 0 saturated heterocycles. The number of rotatable bonds is 6. The molecule has 0 heterocycles. The number of likely N-dealkylation sites (N-methyl/N-ethyl adjacent to an activating group) is 1. The van der Waals surface area contributed by atoms with Gasteiger partial charge in [-0.15, -0.1) is 0 Å². The van der Waals surface area contributed by atoms with Crippen molar-refractivity contribution in [1.29, 1.82) is 0 Å². The Balaban J connectivity index is 2.62. The third-order valence-electron chi connectivity index (χ3n) is 3.03. The van der Waals surface area contributed by atoms with Crippen LogP contribution in [0.2, 0.25) is 0 Å². The molecule has 1 N–H and O–H groups in total. The fourth-order valence-electron chi connectivity index (χ4n) is 1.49. The second kappa shape index (κ2) is 7.01. The highest BCUT2D eigenvalue weighted by Crippen LogP contribution is 2.19. The number of hydrogen-bond acceptors (Lipinski definition) is 3. The lowest BCUT2D eigenvalue weighted by molar-refractivity contribution is -0.117. The zero-order valence-corrected chi connectivity index (χ0v) is 11.6. The van der Waals surface area contributed by atoms with Gasteiger partial charge in [0.05, 0.1) is 13.7 Å². The molecule has 1 atom stereocenters. The maximum absolute atomic E-state index is 12.0. The average Bonchev–Trinajstić information content (AvgIpc) is 2.43. The Morgan fingerprint density at radius 2 is 2.22 bits per heavy atom. The van der Waals surface area contributed by atoms with Crippen LogP contribution in [0, 0.1) is 0 Å². The molecule has 1 aromatic rings. The van der Waals surface area contributed by atoms with E-state index in [1.165, 1.54) is 0 Å². The van der Waals surface area contributed by atoms with Crippen molar-refractivity contribution >= 4 is 11.6 Å². The van der Waals surface area contributed by atoms with Gasteiger partial charge in [0.25, 0.3) is 0 Å². The van der Waals surface area contributed by atoms with Gasteiger partial charge in [-0.25, -0.2) is 0 Å². The minimum absolute atomic E-state index is 0.0450. The van der Waals surface area contributed by atoms with Crippen LogP contribution in [0.3, 0.4) is 0 Å². The molecule has 0 aliphatic rings. The molecule has 1 amide bonds. The van der Waals surface area contributed by atoms with Crippen molar-refractivity contribution in [2.75, 3.05) is 25.6 Å². The van der Waals surface area contributed by atoms with Gasteiger partial charge in [-0.05, 0) is 25.5 Å². The number of nitrogens with zero attached hydrogens (tertiary/aromatic N) is 1. The van der Waals surface area contributed by atoms with Gasteiger partial charge in [-0.2, -0.15) is 0 Å². The Labute approximate surface area is 109 Å². The summed E-state index contributed by atoms with van der Waals surface area (Å²) in [6, 6.07) is 7.83. The van der Waals surface area contributed by atoms with Crippen LogP contribution in [-0.4, -0.2) is 32.7 Å². The fourth-order valence-corrected chi connectivity index (χ4v) is 1.49. The van der Waals surface area contributed by atoms with Gasteiger partial charge in [0.1, 0.15) is 5.75 Å². The van der Waals surface area contributed by atoms with Gasteiger partial charge in [-0.3, -0.25) is 4.79 Å². The average molecular weight is 250 g/mol. The number of amides is 1. The first-order chi connectivity index (χ1) is 8.58. The normalized spacial score (nSPS) is 12.0. The van der Waals surface area contributed by atoms with Crippen molar-refractivity contribution in [3.8, 4) is 5.75 Å². The largest absolute Gasteiger partial charge is 0.497 e. The van der Waals surface area contributed by atoms with Crippen molar-refractivity contribution in [1.82, 2.24) is 5.32 Å². The van der Waals surface area contributed by atoms with Crippen molar-refractivity contribution in [2.45, 2.75) is 26.3 Å². The third kappa shape index (κ3) is 4.04. The second-order valence-corrected chi connectivity index (χ2v) is 4.34. The molecule has 4 heteroatoms. The lowest BCUT2D eigenvalue weighted by atomic mass is 10.2. The van der Waals surface area contributed by atoms with Gasteiger partial charge in [0.15, 0.2) is 0 Å². The predicted octanol–water partition coefficient (Wildman–Crippen LogP) is 2.05. The number of benzene rings is 1. The topological polar surface area (TPSA) is 41.6 Å². The SMILES string of the molecule is CCC(C)NCC(=O)N(C)c1cccc(OC)c1. The minimum Gasteiger partial charge on any atom is -0.497 e. The van der Waals surface area contributed by atoms with Crippen LogP contribution in [0.25, 0.3) is 0 Å². The van der Waals surface area contributed by atoms with E-state index in [2.05, 4.69) is 19.2 Å². The molecule has 0 radical (unpaired) electrons. The lowest BCUT2D eigenvalue weighted by Gasteiger charge is -2.19. The number of hydrogen-bond donors (Lipinski definition) is 1. The highest BCUT2D eigenvalue weighted by molar-refractivity contribution is 5.94. The Hall–Kier alpha value is -1.55. The van der Waals surface area contributed by atoms with Crippen molar-refractivity contribution < 1.29 is 9.53 Å². The fraction of sp³-hybridized carbons (Fsp3) is 0.500. The first-order valence-corrected chi connectivity index (χ1v) is 6.22. The molecule has 4 nitrogen and oxygen atoms in total. The summed E-state index contributed by atoms with van der Waals surface area (Å²) < 4.78 is 5.15. The molecule has 0 fully saturated rings. The summed E-state index contributed by atoms with van der Waals surface area (Å²) in [7, 11) is 3.39. The van der Waals surface area contributed by atoms with E-state index in [4.69, 9.17) is 4.74 Å². The Bertz CT molecular complexity index is 393. The molecule has 1 aromatic carbocycles. The molecule has 18 heavy (non-hydrogen) atoms. The first kappa shape index (κ1) is 14.5. The van der Waals surface area contributed by atoms with Crippen molar-refractivity contribution in [2.24, 2.45) is 0 Å². The minimum atomic E-state index is 0.0450. The lowest BCUT2D eigenvalue weighted by Crippen LogP contribution is -2.38. The molecule has 0 spiro atoms. The zero-order chi connectivity index (χ0) is 13.5. The molecular weight excluding hydrogens is 228 g/mol. The van der Waals surface area contributed by atoms with E-state index in [-0.39, 0.29) is 5.91 Å². The Kier molecular flexibility index (Phi) is 5.65. The van der Waals surface area contributed by atoms with E-state index < -0.39 is 0 Å². The molecule has 0 saturated carbocycles. The summed E-state index contributed by atoms with van der Waals surface area (Å²) in [5.74, 6) is 0.797. The summed E-state index contributed by atoms with van der Waals surface area (Å²) >= 11 is 0. The van der Waals surface area contributed by atoms with E-state index in [0.29, 0.717) is 12.6 Å². The zero-order valence-electron chi connectivity index (χ0n) is 11.6. The number of anilines is 1. The maximum atomic E-state index is 12.0. The van der Waals surface area contributed by atoms with Crippen LogP contribution < -0.4 is 15.0 Å². The number of carbonyl (C=O) groups excluding carboxylic acids is 1. The second-order valence-electron chi connectivity index (χ2n) is 4.34. The van der Waals surface area contributed by atoms with E-state index in [0.717, 1.165) is 17.9 Å². The van der Waals surface area contributed by atoms with Gasteiger partial charge in [-0.1, -0.05) is 13.0 Å². The summed E-state index contributed by atoms with van der Waals surface area (Å²) in [5.41, 5.74) is 0.838. The monoisotopic (exact) mass is 250 g/mol. The summed E-state index contributed by atoms with van der Waals surface area (Å²) in [6.45, 7) is 4.51. The number of nitrogens with one attached hydrogen (secondary N) is 1. The van der Waals surface area contributed by atoms with E-state index in [1.807, 2.05) is 24.3 Å². The maximum Gasteiger partial charge on any atom is 0.240 e. The van der Waals surface area contributed by atoms with Crippen molar-refractivity contribution in [3.05, 3.63) is 24.3 Å². The van der Waals surface area contributed by atoms with Crippen molar-refractivity contribution in [3.63, 3.8) is 0 Å². The van der Waals surface area contributed by atoms with Gasteiger partial charge >= 0.3 is 0 Å². The molecule has 1 rings (SSSR count). The smallest absolute Gasteiger partial charge is 0.240 e. The van der Waals surface area contributed by atoms with Gasteiger partial charge in [0, 0.05) is 24.8 Å². The standard InChI is InChI=1S/C14H22N2O2/c1-5-11(2)15-10-14(17)16(3)12-7-6-8-13(9-12)18-4/h6-9,11,15H,5,10H2,1-4H3. The predicted molar refractivity (Wildman–Crippen MR) is 74.2 cm³/mol. The molecule has 0 bridgehead atoms. The Morgan fingerprint density at radius 1 is 1.50 bits per heavy atom. The van der Waals surface area contributed by atoms with E-state index in [9.17, 15) is 4.79 Å². The van der Waals surface area contributed by atoms with Gasteiger partial charge < -0.3 is 15.0 Å². The highest BCUT2D eigenvalue weighted by atomic mass is 16.5. The van der Waals surface area contributed by atoms with Crippen LogP contribution >= 0.6 is 0 Å². The van der Waals surface area contributed by atoms with E-state index >= 15 is 0 Å². The third-order valence-corrected chi connectivity index (χ3v) is 3.03. The molecule has 0 aromatic heterocycles. The van der Waals surface area contributed by atoms with Crippen LogP contribution in [0.4, 0.5) is 5.69 Å². The summed E-state index contributed by atoms with van der Waals surface area (Å²) in [6.07, 6.45) is 1.01. The summed E-state index contributed by atoms with van der Waals surface area (Å²) in [5, 5.41) is 3.19. The molecule has 100 valence electrons.